The number of rotatable bonds is 1. The van der Waals surface area contributed by atoms with Crippen LogP contribution in [0.3, 0.4) is 0 Å². The van der Waals surface area contributed by atoms with Gasteiger partial charge in [0.2, 0.25) is 0 Å². The molecule has 0 heterocycles. The second-order valence-corrected chi connectivity index (χ2v) is 6.58. The first-order valence-corrected chi connectivity index (χ1v) is 6.73. The molecule has 0 aromatic rings. The van der Waals surface area contributed by atoms with Gasteiger partial charge in [-0.05, 0) is 55.4 Å². The summed E-state index contributed by atoms with van der Waals surface area (Å²) >= 11 is 0. The highest BCUT2D eigenvalue weighted by Crippen LogP contribution is 2.76. The van der Waals surface area contributed by atoms with Crippen molar-refractivity contribution in [2.75, 3.05) is 0 Å². The minimum absolute atomic E-state index is 0.0667. The molecule has 0 saturated heterocycles. The van der Waals surface area contributed by atoms with Crippen LogP contribution >= 0.6 is 0 Å². The van der Waals surface area contributed by atoms with Gasteiger partial charge < -0.3 is 0 Å². The third-order valence-electron chi connectivity index (χ3n) is 5.66. The van der Waals surface area contributed by atoms with Crippen LogP contribution in [0.25, 0.3) is 0 Å². The molecule has 0 radical (unpaired) electrons. The summed E-state index contributed by atoms with van der Waals surface area (Å²) in [5.41, 5.74) is 1.44. The highest BCUT2D eigenvalue weighted by atomic mass is 16.1. The average Bonchev–Trinajstić information content (AvgIpc) is 2.82. The summed E-state index contributed by atoms with van der Waals surface area (Å²) in [6, 6.07) is 0. The Morgan fingerprint density at radius 3 is 2.69 bits per heavy atom. The molecule has 2 saturated carbocycles. The standard InChI is InChI=1S/C15H22O/c1-8(2)11-6-5-10(4)15-12(16)7-9(3)13(15)14(11)15/h7-8,10-11,13-14H,5-6H2,1-4H3/t10?,11-,13+,14+,15?/m1/s1. The van der Waals surface area contributed by atoms with Crippen LogP contribution in [0.5, 0.6) is 0 Å². The summed E-state index contributed by atoms with van der Waals surface area (Å²) in [5, 5.41) is 0. The Morgan fingerprint density at radius 1 is 1.38 bits per heavy atom. The topological polar surface area (TPSA) is 17.1 Å². The monoisotopic (exact) mass is 218 g/mol. The van der Waals surface area contributed by atoms with E-state index in [0.29, 0.717) is 23.5 Å². The average molecular weight is 218 g/mol. The first-order chi connectivity index (χ1) is 7.51. The van der Waals surface area contributed by atoms with Gasteiger partial charge in [-0.1, -0.05) is 26.3 Å². The van der Waals surface area contributed by atoms with Gasteiger partial charge in [-0.25, -0.2) is 0 Å². The quantitative estimate of drug-likeness (QED) is 0.659. The number of allylic oxidation sites excluding steroid dienone is 2. The van der Waals surface area contributed by atoms with Crippen molar-refractivity contribution in [3.8, 4) is 0 Å². The second kappa shape index (κ2) is 3.00. The molecule has 0 aromatic heterocycles. The van der Waals surface area contributed by atoms with Gasteiger partial charge in [-0.3, -0.25) is 4.79 Å². The lowest BCUT2D eigenvalue weighted by molar-refractivity contribution is -0.122. The Morgan fingerprint density at radius 2 is 2.06 bits per heavy atom. The van der Waals surface area contributed by atoms with Crippen LogP contribution in [0.1, 0.15) is 40.5 Å². The molecule has 0 aliphatic heterocycles. The minimum atomic E-state index is 0.0667. The number of fused-ring (bicyclic) bond motifs is 1. The Kier molecular flexibility index (Phi) is 1.98. The third-order valence-corrected chi connectivity index (χ3v) is 5.66. The van der Waals surface area contributed by atoms with E-state index in [2.05, 4.69) is 27.7 Å². The molecular formula is C15H22O. The number of carbonyl (C=O) groups excluding carboxylic acids is 1. The lowest BCUT2D eigenvalue weighted by Crippen LogP contribution is -2.32. The smallest absolute Gasteiger partial charge is 0.162 e. The normalized spacial score (nSPS) is 50.1. The zero-order chi connectivity index (χ0) is 11.7. The lowest BCUT2D eigenvalue weighted by Gasteiger charge is -2.34. The highest BCUT2D eigenvalue weighted by Gasteiger charge is 2.76. The van der Waals surface area contributed by atoms with Crippen molar-refractivity contribution >= 4 is 5.78 Å². The molecule has 0 amide bonds. The van der Waals surface area contributed by atoms with Gasteiger partial charge in [0, 0.05) is 5.41 Å². The molecular weight excluding hydrogens is 196 g/mol. The van der Waals surface area contributed by atoms with Crippen molar-refractivity contribution in [2.24, 2.45) is 35.0 Å². The molecule has 88 valence electrons. The second-order valence-electron chi connectivity index (χ2n) is 6.58. The summed E-state index contributed by atoms with van der Waals surface area (Å²) in [6.07, 6.45) is 4.52. The molecule has 1 nitrogen and oxygen atoms in total. The Bertz CT molecular complexity index is 379. The van der Waals surface area contributed by atoms with Gasteiger partial charge in [0.15, 0.2) is 5.78 Å². The lowest BCUT2D eigenvalue weighted by atomic mass is 9.70. The summed E-state index contributed by atoms with van der Waals surface area (Å²) < 4.78 is 0. The maximum absolute atomic E-state index is 12.3. The van der Waals surface area contributed by atoms with Crippen molar-refractivity contribution in [1.82, 2.24) is 0 Å². The van der Waals surface area contributed by atoms with E-state index in [-0.39, 0.29) is 5.41 Å². The van der Waals surface area contributed by atoms with Crippen molar-refractivity contribution in [1.29, 1.82) is 0 Å². The maximum atomic E-state index is 12.3. The molecule has 3 rings (SSSR count). The van der Waals surface area contributed by atoms with E-state index in [1.807, 2.05) is 6.08 Å². The molecule has 3 aliphatic rings. The van der Waals surface area contributed by atoms with Crippen molar-refractivity contribution in [3.63, 3.8) is 0 Å². The molecule has 5 atom stereocenters. The fourth-order valence-corrected chi connectivity index (χ4v) is 4.92. The van der Waals surface area contributed by atoms with Gasteiger partial charge in [0.25, 0.3) is 0 Å². The van der Waals surface area contributed by atoms with E-state index < -0.39 is 0 Å². The van der Waals surface area contributed by atoms with Crippen molar-refractivity contribution in [3.05, 3.63) is 11.6 Å². The largest absolute Gasteiger partial charge is 0.294 e. The van der Waals surface area contributed by atoms with Crippen LogP contribution in [-0.4, -0.2) is 5.78 Å². The predicted octanol–water partition coefficient (Wildman–Crippen LogP) is 3.45. The van der Waals surface area contributed by atoms with Crippen LogP contribution in [0.15, 0.2) is 11.6 Å². The Hall–Kier alpha value is -0.590. The van der Waals surface area contributed by atoms with E-state index >= 15 is 0 Å². The number of ketones is 1. The van der Waals surface area contributed by atoms with Gasteiger partial charge in [0.1, 0.15) is 0 Å². The maximum Gasteiger partial charge on any atom is 0.162 e. The highest BCUT2D eigenvalue weighted by molar-refractivity contribution is 6.03. The van der Waals surface area contributed by atoms with Crippen molar-refractivity contribution < 1.29 is 4.79 Å². The Labute approximate surface area is 98.3 Å². The fraction of sp³-hybridized carbons (Fsp3) is 0.800. The van der Waals surface area contributed by atoms with E-state index in [0.717, 1.165) is 11.8 Å². The molecule has 2 fully saturated rings. The molecule has 2 unspecified atom stereocenters. The van der Waals surface area contributed by atoms with E-state index in [1.165, 1.54) is 18.4 Å². The van der Waals surface area contributed by atoms with Gasteiger partial charge in [-0.15, -0.1) is 0 Å². The molecule has 0 bridgehead atoms. The molecule has 1 spiro atoms. The number of hydrogen-bond acceptors (Lipinski definition) is 1. The summed E-state index contributed by atoms with van der Waals surface area (Å²) in [5.74, 6) is 3.89. The van der Waals surface area contributed by atoms with Crippen LogP contribution in [0.4, 0.5) is 0 Å². The van der Waals surface area contributed by atoms with Gasteiger partial charge in [-0.2, -0.15) is 0 Å². The first-order valence-electron chi connectivity index (χ1n) is 6.73. The van der Waals surface area contributed by atoms with Crippen LogP contribution in [0.2, 0.25) is 0 Å². The third kappa shape index (κ3) is 0.959. The molecule has 1 heteroatoms. The molecule has 3 aliphatic carbocycles. The molecule has 0 N–H and O–H groups in total. The van der Waals surface area contributed by atoms with Crippen LogP contribution in [0, 0.1) is 35.0 Å². The minimum Gasteiger partial charge on any atom is -0.294 e. The zero-order valence-electron chi connectivity index (χ0n) is 10.8. The molecule has 16 heavy (non-hydrogen) atoms. The Balaban J connectivity index is 2.00. The number of carbonyl (C=O) groups is 1. The van der Waals surface area contributed by atoms with Gasteiger partial charge >= 0.3 is 0 Å². The fourth-order valence-electron chi connectivity index (χ4n) is 4.92. The summed E-state index contributed by atoms with van der Waals surface area (Å²) in [7, 11) is 0. The van der Waals surface area contributed by atoms with Gasteiger partial charge in [0.05, 0.1) is 0 Å². The first kappa shape index (κ1) is 10.6. The van der Waals surface area contributed by atoms with E-state index in [1.54, 1.807) is 0 Å². The number of hydrogen-bond donors (Lipinski definition) is 0. The predicted molar refractivity (Wildman–Crippen MR) is 64.9 cm³/mol. The molecule has 0 aromatic carbocycles. The summed E-state index contributed by atoms with van der Waals surface area (Å²) in [6.45, 7) is 9.12. The van der Waals surface area contributed by atoms with E-state index in [9.17, 15) is 4.79 Å². The zero-order valence-corrected chi connectivity index (χ0v) is 10.8. The summed E-state index contributed by atoms with van der Waals surface area (Å²) in [4.78, 5) is 12.3. The SMILES string of the molecule is CC1=CC(=O)C23C(C)CC[C@H](C(C)C)[C@H]2[C@H]13. The van der Waals surface area contributed by atoms with Crippen LogP contribution in [-0.2, 0) is 4.79 Å². The van der Waals surface area contributed by atoms with Crippen LogP contribution < -0.4 is 0 Å². The van der Waals surface area contributed by atoms with Crippen molar-refractivity contribution in [2.45, 2.75) is 40.5 Å². The van der Waals surface area contributed by atoms with E-state index in [4.69, 9.17) is 0 Å².